The third-order valence-corrected chi connectivity index (χ3v) is 3.14. The molecule has 1 saturated carbocycles. The van der Waals surface area contributed by atoms with Crippen LogP contribution >= 0.6 is 0 Å². The summed E-state index contributed by atoms with van der Waals surface area (Å²) >= 11 is 0. The Bertz CT molecular complexity index is 498. The summed E-state index contributed by atoms with van der Waals surface area (Å²) in [5, 5.41) is 2.68. The van der Waals surface area contributed by atoms with E-state index in [9.17, 15) is 0 Å². The minimum Gasteiger partial charge on any atom is -0.497 e. The third-order valence-electron chi connectivity index (χ3n) is 3.14. The lowest BCUT2D eigenvalue weighted by Crippen LogP contribution is -1.86. The molecule has 76 valence electrons. The van der Waals surface area contributed by atoms with Gasteiger partial charge in [-0.25, -0.2) is 0 Å². The smallest absolute Gasteiger partial charge is 0.119 e. The van der Waals surface area contributed by atoms with Crippen LogP contribution in [0.25, 0.3) is 10.8 Å². The predicted octanol–water partition coefficient (Wildman–Crippen LogP) is 3.73. The van der Waals surface area contributed by atoms with E-state index in [1.54, 1.807) is 7.11 Å². The number of hydrogen-bond acceptors (Lipinski definition) is 1. The quantitative estimate of drug-likeness (QED) is 0.714. The molecule has 2 aromatic rings. The van der Waals surface area contributed by atoms with Crippen LogP contribution in [-0.2, 0) is 0 Å². The first kappa shape index (κ1) is 8.78. The summed E-state index contributed by atoms with van der Waals surface area (Å²) in [5.41, 5.74) is 1.49. The van der Waals surface area contributed by atoms with Gasteiger partial charge in [-0.3, -0.25) is 0 Å². The second kappa shape index (κ2) is 3.27. The zero-order valence-corrected chi connectivity index (χ0v) is 8.86. The summed E-state index contributed by atoms with van der Waals surface area (Å²) in [6.45, 7) is 0. The van der Waals surface area contributed by atoms with E-state index in [4.69, 9.17) is 4.74 Å². The second-order valence-electron chi connectivity index (χ2n) is 4.21. The van der Waals surface area contributed by atoms with Gasteiger partial charge < -0.3 is 4.74 Å². The van der Waals surface area contributed by atoms with Gasteiger partial charge in [-0.15, -0.1) is 0 Å². The molecule has 0 amide bonds. The van der Waals surface area contributed by atoms with Crippen molar-refractivity contribution in [3.8, 4) is 5.75 Å². The molecule has 0 aliphatic heterocycles. The minimum absolute atomic E-state index is 0.792. The van der Waals surface area contributed by atoms with Crippen molar-refractivity contribution in [2.45, 2.75) is 18.8 Å². The van der Waals surface area contributed by atoms with E-state index >= 15 is 0 Å². The Morgan fingerprint density at radius 1 is 1.13 bits per heavy atom. The van der Waals surface area contributed by atoms with Gasteiger partial charge in [-0.1, -0.05) is 24.3 Å². The number of hydrogen-bond donors (Lipinski definition) is 0. The van der Waals surface area contributed by atoms with E-state index in [2.05, 4.69) is 30.3 Å². The highest BCUT2D eigenvalue weighted by atomic mass is 16.5. The lowest BCUT2D eigenvalue weighted by atomic mass is 10.0. The Balaban J connectivity index is 2.25. The lowest BCUT2D eigenvalue weighted by molar-refractivity contribution is 0.415. The van der Waals surface area contributed by atoms with Crippen molar-refractivity contribution in [2.75, 3.05) is 7.11 Å². The van der Waals surface area contributed by atoms with Crippen molar-refractivity contribution in [3.63, 3.8) is 0 Å². The minimum atomic E-state index is 0.792. The van der Waals surface area contributed by atoms with Crippen LogP contribution in [0.5, 0.6) is 5.75 Å². The maximum atomic E-state index is 5.28. The molecule has 0 atom stereocenters. The number of fused-ring (bicyclic) bond motifs is 1. The Hall–Kier alpha value is -1.50. The van der Waals surface area contributed by atoms with E-state index in [1.807, 2.05) is 6.07 Å². The van der Waals surface area contributed by atoms with Gasteiger partial charge in [-0.2, -0.15) is 0 Å². The van der Waals surface area contributed by atoms with Crippen LogP contribution in [-0.4, -0.2) is 7.11 Å². The Kier molecular flexibility index (Phi) is 1.91. The molecule has 0 aromatic heterocycles. The predicted molar refractivity (Wildman–Crippen MR) is 62.5 cm³/mol. The van der Waals surface area contributed by atoms with Gasteiger partial charge in [-0.05, 0) is 47.2 Å². The summed E-state index contributed by atoms with van der Waals surface area (Å²) in [7, 11) is 1.72. The molecule has 2 aromatic carbocycles. The van der Waals surface area contributed by atoms with Crippen LogP contribution in [0.3, 0.4) is 0 Å². The van der Waals surface area contributed by atoms with Gasteiger partial charge in [0, 0.05) is 0 Å². The monoisotopic (exact) mass is 198 g/mol. The molecular weight excluding hydrogens is 184 g/mol. The van der Waals surface area contributed by atoms with Crippen molar-refractivity contribution in [2.24, 2.45) is 0 Å². The largest absolute Gasteiger partial charge is 0.497 e. The fourth-order valence-electron chi connectivity index (χ4n) is 2.15. The molecule has 0 N–H and O–H groups in total. The molecule has 0 heterocycles. The number of rotatable bonds is 2. The van der Waals surface area contributed by atoms with Gasteiger partial charge >= 0.3 is 0 Å². The van der Waals surface area contributed by atoms with Crippen molar-refractivity contribution < 1.29 is 4.74 Å². The first-order valence-corrected chi connectivity index (χ1v) is 5.45. The van der Waals surface area contributed by atoms with Gasteiger partial charge in [0.25, 0.3) is 0 Å². The van der Waals surface area contributed by atoms with Crippen LogP contribution < -0.4 is 4.74 Å². The topological polar surface area (TPSA) is 9.23 Å². The van der Waals surface area contributed by atoms with Crippen LogP contribution in [0.15, 0.2) is 36.4 Å². The maximum Gasteiger partial charge on any atom is 0.119 e. The number of ether oxygens (including phenoxy) is 1. The maximum absolute atomic E-state index is 5.28. The van der Waals surface area contributed by atoms with Crippen LogP contribution in [0.4, 0.5) is 0 Å². The molecular formula is C14H14O. The zero-order chi connectivity index (χ0) is 10.3. The molecule has 15 heavy (non-hydrogen) atoms. The molecule has 1 aliphatic rings. The van der Waals surface area contributed by atoms with Crippen LogP contribution in [0.2, 0.25) is 0 Å². The van der Waals surface area contributed by atoms with E-state index < -0.39 is 0 Å². The molecule has 0 bridgehead atoms. The highest BCUT2D eigenvalue weighted by molar-refractivity contribution is 5.87. The molecule has 0 radical (unpaired) electrons. The van der Waals surface area contributed by atoms with Gasteiger partial charge in [0.2, 0.25) is 0 Å². The first-order valence-electron chi connectivity index (χ1n) is 5.45. The fourth-order valence-corrected chi connectivity index (χ4v) is 2.15. The summed E-state index contributed by atoms with van der Waals surface area (Å²) in [5.74, 6) is 1.75. The molecule has 1 fully saturated rings. The molecule has 1 aliphatic carbocycles. The average molecular weight is 198 g/mol. The molecule has 1 heteroatoms. The van der Waals surface area contributed by atoms with Crippen LogP contribution in [0, 0.1) is 0 Å². The Morgan fingerprint density at radius 2 is 2.00 bits per heavy atom. The van der Waals surface area contributed by atoms with E-state index in [0.29, 0.717) is 0 Å². The van der Waals surface area contributed by atoms with Gasteiger partial charge in [0.1, 0.15) is 5.75 Å². The number of benzene rings is 2. The fraction of sp³-hybridized carbons (Fsp3) is 0.286. The van der Waals surface area contributed by atoms with E-state index in [-0.39, 0.29) is 0 Å². The Morgan fingerprint density at radius 3 is 2.73 bits per heavy atom. The summed E-state index contributed by atoms with van der Waals surface area (Å²) in [6, 6.07) is 12.9. The zero-order valence-electron chi connectivity index (χ0n) is 8.86. The van der Waals surface area contributed by atoms with Crippen LogP contribution in [0.1, 0.15) is 24.3 Å². The van der Waals surface area contributed by atoms with Crippen molar-refractivity contribution in [1.82, 2.24) is 0 Å². The molecule has 0 spiro atoms. The standard InChI is InChI=1S/C14H14O/c1-15-12-8-7-10-3-2-4-13(11-5-6-11)14(10)9-12/h2-4,7-9,11H,5-6H2,1H3. The van der Waals surface area contributed by atoms with Gasteiger partial charge in [0.15, 0.2) is 0 Å². The molecule has 3 rings (SSSR count). The molecule has 1 nitrogen and oxygen atoms in total. The normalized spacial score (nSPS) is 15.5. The van der Waals surface area contributed by atoms with Crippen molar-refractivity contribution in [1.29, 1.82) is 0 Å². The molecule has 0 saturated heterocycles. The first-order chi connectivity index (χ1) is 7.38. The lowest BCUT2D eigenvalue weighted by Gasteiger charge is -2.07. The van der Waals surface area contributed by atoms with Crippen molar-refractivity contribution >= 4 is 10.8 Å². The third kappa shape index (κ3) is 1.48. The highest BCUT2D eigenvalue weighted by Crippen LogP contribution is 2.43. The summed E-state index contributed by atoms with van der Waals surface area (Å²) in [6.07, 6.45) is 2.69. The van der Waals surface area contributed by atoms with Crippen molar-refractivity contribution in [3.05, 3.63) is 42.0 Å². The van der Waals surface area contributed by atoms with E-state index in [0.717, 1.165) is 11.7 Å². The SMILES string of the molecule is COc1ccc2cccc(C3CC3)c2c1. The number of methoxy groups -OCH3 is 1. The molecule has 0 unspecified atom stereocenters. The second-order valence-corrected chi connectivity index (χ2v) is 4.21. The van der Waals surface area contributed by atoms with Gasteiger partial charge in [0.05, 0.1) is 7.11 Å². The summed E-state index contributed by atoms with van der Waals surface area (Å²) < 4.78 is 5.28. The Labute approximate surface area is 89.7 Å². The van der Waals surface area contributed by atoms with E-state index in [1.165, 1.54) is 29.2 Å². The highest BCUT2D eigenvalue weighted by Gasteiger charge is 2.24. The summed E-state index contributed by atoms with van der Waals surface area (Å²) in [4.78, 5) is 0. The average Bonchev–Trinajstić information content (AvgIpc) is 3.11.